The van der Waals surface area contributed by atoms with Gasteiger partial charge in [0.05, 0.1) is 6.54 Å². The second-order valence-corrected chi connectivity index (χ2v) is 4.20. The van der Waals surface area contributed by atoms with Gasteiger partial charge in [-0.2, -0.15) is 13.2 Å². The molecule has 0 radical (unpaired) electrons. The van der Waals surface area contributed by atoms with Gasteiger partial charge in [0.1, 0.15) is 12.4 Å². The molecule has 1 aromatic carbocycles. The molecule has 17 heavy (non-hydrogen) atoms. The predicted octanol–water partition coefficient (Wildman–Crippen LogP) is 2.94. The zero-order valence-corrected chi connectivity index (χ0v) is 10.2. The summed E-state index contributed by atoms with van der Waals surface area (Å²) in [7, 11) is 0. The molecule has 0 aliphatic heterocycles. The Morgan fingerprint density at radius 2 is 1.88 bits per heavy atom. The minimum Gasteiger partial charge on any atom is -0.492 e. The maximum atomic E-state index is 11.8. The fourth-order valence-electron chi connectivity index (χ4n) is 1.14. The standard InChI is InChI=1S/C11H14F3NOS/c1-17-10-4-2-9(3-5-10)16-7-6-15-8-11(12,13)14/h2-5,15H,6-8H2,1H3. The van der Waals surface area contributed by atoms with Crippen LogP contribution in [0.3, 0.4) is 0 Å². The molecule has 0 aliphatic carbocycles. The van der Waals surface area contributed by atoms with Crippen LogP contribution < -0.4 is 10.1 Å². The first kappa shape index (κ1) is 14.2. The monoisotopic (exact) mass is 265 g/mol. The highest BCUT2D eigenvalue weighted by Crippen LogP contribution is 2.18. The summed E-state index contributed by atoms with van der Waals surface area (Å²) < 4.78 is 40.6. The number of hydrogen-bond acceptors (Lipinski definition) is 3. The van der Waals surface area contributed by atoms with Crippen LogP contribution >= 0.6 is 11.8 Å². The summed E-state index contributed by atoms with van der Waals surface area (Å²) in [6, 6.07) is 7.41. The van der Waals surface area contributed by atoms with Crippen molar-refractivity contribution in [2.75, 3.05) is 26.0 Å². The fraction of sp³-hybridized carbons (Fsp3) is 0.455. The van der Waals surface area contributed by atoms with Crippen LogP contribution in [0.5, 0.6) is 5.75 Å². The van der Waals surface area contributed by atoms with Gasteiger partial charge in [-0.05, 0) is 30.5 Å². The van der Waals surface area contributed by atoms with E-state index in [4.69, 9.17) is 4.74 Å². The van der Waals surface area contributed by atoms with Gasteiger partial charge in [-0.1, -0.05) is 0 Å². The lowest BCUT2D eigenvalue weighted by Crippen LogP contribution is -2.31. The van der Waals surface area contributed by atoms with Crippen LogP contribution in [0.4, 0.5) is 13.2 Å². The minimum absolute atomic E-state index is 0.170. The van der Waals surface area contributed by atoms with Crippen LogP contribution in [0.15, 0.2) is 29.2 Å². The van der Waals surface area contributed by atoms with E-state index in [-0.39, 0.29) is 13.2 Å². The molecule has 0 fully saturated rings. The quantitative estimate of drug-likeness (QED) is 0.631. The number of halogens is 3. The molecule has 96 valence electrons. The molecule has 0 unspecified atom stereocenters. The summed E-state index contributed by atoms with van der Waals surface area (Å²) >= 11 is 1.62. The van der Waals surface area contributed by atoms with Gasteiger partial charge in [-0.15, -0.1) is 11.8 Å². The largest absolute Gasteiger partial charge is 0.492 e. The van der Waals surface area contributed by atoms with Crippen molar-refractivity contribution in [3.63, 3.8) is 0 Å². The SMILES string of the molecule is CSc1ccc(OCCNCC(F)(F)F)cc1. The number of benzene rings is 1. The lowest BCUT2D eigenvalue weighted by molar-refractivity contribution is -0.124. The van der Waals surface area contributed by atoms with Gasteiger partial charge in [-0.3, -0.25) is 0 Å². The van der Waals surface area contributed by atoms with Crippen LogP contribution in [0.2, 0.25) is 0 Å². The van der Waals surface area contributed by atoms with Gasteiger partial charge in [0.25, 0.3) is 0 Å². The summed E-state index contributed by atoms with van der Waals surface area (Å²) in [5, 5.41) is 2.26. The molecular formula is C11H14F3NOS. The lowest BCUT2D eigenvalue weighted by atomic mass is 10.3. The van der Waals surface area contributed by atoms with E-state index in [0.717, 1.165) is 4.90 Å². The Labute approximate surface area is 103 Å². The highest BCUT2D eigenvalue weighted by molar-refractivity contribution is 7.98. The molecule has 0 amide bonds. The molecule has 6 heteroatoms. The maximum Gasteiger partial charge on any atom is 0.401 e. The first-order chi connectivity index (χ1) is 8.01. The topological polar surface area (TPSA) is 21.3 Å². The first-order valence-corrected chi connectivity index (χ1v) is 6.28. The number of ether oxygens (including phenoxy) is 1. The summed E-state index contributed by atoms with van der Waals surface area (Å²) in [4.78, 5) is 1.12. The zero-order chi connectivity index (χ0) is 12.7. The summed E-state index contributed by atoms with van der Waals surface area (Å²) in [5.74, 6) is 0.664. The van der Waals surface area contributed by atoms with Crippen molar-refractivity contribution in [2.45, 2.75) is 11.1 Å². The van der Waals surface area contributed by atoms with Crippen molar-refractivity contribution in [1.29, 1.82) is 0 Å². The van der Waals surface area contributed by atoms with E-state index in [1.165, 1.54) is 0 Å². The predicted molar refractivity (Wildman–Crippen MR) is 62.6 cm³/mol. The highest BCUT2D eigenvalue weighted by Gasteiger charge is 2.25. The van der Waals surface area contributed by atoms with Crippen molar-refractivity contribution in [2.24, 2.45) is 0 Å². The number of rotatable bonds is 6. The van der Waals surface area contributed by atoms with E-state index in [2.05, 4.69) is 5.32 Å². The molecule has 0 saturated carbocycles. The van der Waals surface area contributed by atoms with Gasteiger partial charge in [0, 0.05) is 11.4 Å². The summed E-state index contributed by atoms with van der Waals surface area (Å²) in [5.41, 5.74) is 0. The molecule has 1 aromatic rings. The normalized spacial score (nSPS) is 11.5. The minimum atomic E-state index is -4.17. The van der Waals surface area contributed by atoms with E-state index in [9.17, 15) is 13.2 Å². The Morgan fingerprint density at radius 1 is 1.24 bits per heavy atom. The molecule has 0 aliphatic rings. The van der Waals surface area contributed by atoms with Gasteiger partial charge < -0.3 is 10.1 Å². The fourth-order valence-corrected chi connectivity index (χ4v) is 1.55. The van der Waals surface area contributed by atoms with Gasteiger partial charge in [-0.25, -0.2) is 0 Å². The first-order valence-electron chi connectivity index (χ1n) is 5.05. The number of alkyl halides is 3. The molecular weight excluding hydrogens is 251 g/mol. The van der Waals surface area contributed by atoms with E-state index < -0.39 is 12.7 Å². The molecule has 1 rings (SSSR count). The van der Waals surface area contributed by atoms with Gasteiger partial charge >= 0.3 is 6.18 Å². The van der Waals surface area contributed by atoms with Crippen LogP contribution in [0.25, 0.3) is 0 Å². The molecule has 0 spiro atoms. The number of hydrogen-bond donors (Lipinski definition) is 1. The Balaban J connectivity index is 2.18. The Kier molecular flexibility index (Phi) is 5.64. The maximum absolute atomic E-state index is 11.8. The molecule has 0 heterocycles. The van der Waals surface area contributed by atoms with Crippen LogP contribution in [-0.2, 0) is 0 Å². The van der Waals surface area contributed by atoms with Crippen molar-refractivity contribution < 1.29 is 17.9 Å². The summed E-state index contributed by atoms with van der Waals surface area (Å²) in [6.07, 6.45) is -2.20. The Bertz CT molecular complexity index is 326. The average Bonchev–Trinajstić information content (AvgIpc) is 2.28. The van der Waals surface area contributed by atoms with E-state index in [0.29, 0.717) is 5.75 Å². The molecule has 0 atom stereocenters. The third-order valence-corrected chi connectivity index (χ3v) is 2.68. The molecule has 0 bridgehead atoms. The second-order valence-electron chi connectivity index (χ2n) is 3.32. The van der Waals surface area contributed by atoms with Gasteiger partial charge in [0.2, 0.25) is 0 Å². The van der Waals surface area contributed by atoms with Crippen LogP contribution in [0, 0.1) is 0 Å². The Hall–Kier alpha value is -0.880. The van der Waals surface area contributed by atoms with Crippen LogP contribution in [-0.4, -0.2) is 32.1 Å². The molecule has 2 nitrogen and oxygen atoms in total. The van der Waals surface area contributed by atoms with E-state index in [1.807, 2.05) is 18.4 Å². The third-order valence-electron chi connectivity index (χ3n) is 1.93. The highest BCUT2D eigenvalue weighted by atomic mass is 32.2. The smallest absolute Gasteiger partial charge is 0.401 e. The van der Waals surface area contributed by atoms with Crippen molar-refractivity contribution >= 4 is 11.8 Å². The van der Waals surface area contributed by atoms with E-state index in [1.54, 1.807) is 23.9 Å². The van der Waals surface area contributed by atoms with Crippen molar-refractivity contribution in [1.82, 2.24) is 5.32 Å². The number of thioether (sulfide) groups is 1. The van der Waals surface area contributed by atoms with Crippen LogP contribution in [0.1, 0.15) is 0 Å². The molecule has 0 aromatic heterocycles. The van der Waals surface area contributed by atoms with E-state index >= 15 is 0 Å². The van der Waals surface area contributed by atoms with Gasteiger partial charge in [0.15, 0.2) is 0 Å². The molecule has 0 saturated heterocycles. The molecule has 1 N–H and O–H groups in total. The third kappa shape index (κ3) is 6.43. The number of nitrogens with one attached hydrogen (secondary N) is 1. The summed E-state index contributed by atoms with van der Waals surface area (Å²) in [6.45, 7) is -0.597. The second kappa shape index (κ2) is 6.76. The van der Waals surface area contributed by atoms with Crippen molar-refractivity contribution in [3.8, 4) is 5.75 Å². The Morgan fingerprint density at radius 3 is 2.41 bits per heavy atom. The van der Waals surface area contributed by atoms with Crippen molar-refractivity contribution in [3.05, 3.63) is 24.3 Å². The average molecular weight is 265 g/mol. The zero-order valence-electron chi connectivity index (χ0n) is 9.38. The lowest BCUT2D eigenvalue weighted by Gasteiger charge is -2.09.